The molecule has 3 nitrogen and oxygen atoms in total. The van der Waals surface area contributed by atoms with Crippen LogP contribution in [0.25, 0.3) is 0 Å². The number of aliphatic hydroxyl groups is 1. The predicted molar refractivity (Wildman–Crippen MR) is 93.0 cm³/mol. The van der Waals surface area contributed by atoms with E-state index >= 15 is 0 Å². The second-order valence-electron chi connectivity index (χ2n) is 6.35. The number of carboxylic acid groups (broad SMARTS) is 1. The van der Waals surface area contributed by atoms with Gasteiger partial charge in [-0.2, -0.15) is 0 Å². The molecule has 0 saturated heterocycles. The van der Waals surface area contributed by atoms with Crippen LogP contribution in [0.1, 0.15) is 90.4 Å². The zero-order valence-electron chi connectivity index (χ0n) is 14.4. The molecular weight excluding hydrogens is 276 g/mol. The second-order valence-corrected chi connectivity index (χ2v) is 6.35. The lowest BCUT2D eigenvalue weighted by Crippen LogP contribution is -2.07. The van der Waals surface area contributed by atoms with E-state index in [-0.39, 0.29) is 5.92 Å². The highest BCUT2D eigenvalue weighted by Gasteiger charge is 2.07. The van der Waals surface area contributed by atoms with E-state index in [1.165, 1.54) is 64.2 Å². The van der Waals surface area contributed by atoms with Crippen LogP contribution in [0.15, 0.2) is 12.2 Å². The molecule has 22 heavy (non-hydrogen) atoms. The molecule has 0 bridgehead atoms. The number of aliphatic hydroxyl groups excluding tert-OH is 1. The maximum atomic E-state index is 10.6. The Balaban J connectivity index is 3.14. The highest BCUT2D eigenvalue weighted by molar-refractivity contribution is 5.69. The first-order chi connectivity index (χ1) is 10.7. The smallest absolute Gasteiger partial charge is 0.306 e. The maximum Gasteiger partial charge on any atom is 0.306 e. The number of carbonyl (C=O) groups is 1. The minimum absolute atomic E-state index is 0.264. The Kier molecular flexibility index (Phi) is 15.9. The Morgan fingerprint density at radius 3 is 1.73 bits per heavy atom. The number of hydrogen-bond donors (Lipinski definition) is 2. The predicted octanol–water partition coefficient (Wildman–Crippen LogP) is 5.33. The molecule has 0 aliphatic rings. The van der Waals surface area contributed by atoms with Crippen LogP contribution in [0, 0.1) is 5.92 Å². The molecule has 0 aromatic heterocycles. The molecule has 1 unspecified atom stereocenters. The Bertz CT molecular complexity index is 274. The summed E-state index contributed by atoms with van der Waals surface area (Å²) in [5.41, 5.74) is 0. The molecule has 0 amide bonds. The fourth-order valence-corrected chi connectivity index (χ4v) is 2.48. The van der Waals surface area contributed by atoms with E-state index in [0.29, 0.717) is 13.0 Å². The van der Waals surface area contributed by atoms with Crippen LogP contribution in [0.3, 0.4) is 0 Å². The lowest BCUT2D eigenvalue weighted by Gasteiger charge is -2.02. The van der Waals surface area contributed by atoms with Crippen LogP contribution in [-0.2, 0) is 4.79 Å². The van der Waals surface area contributed by atoms with Crippen molar-refractivity contribution in [3.05, 3.63) is 12.2 Å². The summed E-state index contributed by atoms with van der Waals surface area (Å²) in [6, 6.07) is 0. The van der Waals surface area contributed by atoms with Gasteiger partial charge in [0.15, 0.2) is 0 Å². The summed E-state index contributed by atoms with van der Waals surface area (Å²) in [5, 5.41) is 17.4. The lowest BCUT2D eigenvalue weighted by atomic mass is 10.0. The summed E-state index contributed by atoms with van der Waals surface area (Å²) in [4.78, 5) is 10.6. The van der Waals surface area contributed by atoms with Crippen LogP contribution in [0.4, 0.5) is 0 Å². The summed E-state index contributed by atoms with van der Waals surface area (Å²) >= 11 is 0. The van der Waals surface area contributed by atoms with Gasteiger partial charge in [-0.1, -0.05) is 76.9 Å². The molecule has 0 aromatic carbocycles. The highest BCUT2D eigenvalue weighted by Crippen LogP contribution is 2.12. The van der Waals surface area contributed by atoms with Crippen molar-refractivity contribution < 1.29 is 15.0 Å². The van der Waals surface area contributed by atoms with Gasteiger partial charge in [0.1, 0.15) is 0 Å². The van der Waals surface area contributed by atoms with Crippen molar-refractivity contribution in [2.75, 3.05) is 6.61 Å². The third-order valence-electron chi connectivity index (χ3n) is 4.11. The van der Waals surface area contributed by atoms with Gasteiger partial charge in [0, 0.05) is 6.61 Å². The zero-order chi connectivity index (χ0) is 16.5. The Labute approximate surface area is 136 Å². The van der Waals surface area contributed by atoms with Crippen LogP contribution in [0.2, 0.25) is 0 Å². The van der Waals surface area contributed by atoms with Crippen molar-refractivity contribution in [3.63, 3.8) is 0 Å². The zero-order valence-corrected chi connectivity index (χ0v) is 14.4. The van der Waals surface area contributed by atoms with E-state index < -0.39 is 5.97 Å². The third-order valence-corrected chi connectivity index (χ3v) is 4.11. The number of aliphatic carboxylic acids is 1. The molecule has 0 radical (unpaired) electrons. The molecule has 0 spiro atoms. The van der Waals surface area contributed by atoms with E-state index in [4.69, 9.17) is 10.2 Å². The Morgan fingerprint density at radius 2 is 1.27 bits per heavy atom. The molecule has 0 saturated carbocycles. The standard InChI is InChI=1S/C19H36O3/c1-18(19(21)22)16-14-12-10-8-6-4-2-3-5-7-9-11-13-15-17-20/h12,14,18,20H,2-11,13,15-17H2,1H3,(H,21,22)/b14-12+. The molecule has 130 valence electrons. The Morgan fingerprint density at radius 1 is 0.818 bits per heavy atom. The van der Waals surface area contributed by atoms with Gasteiger partial charge in [-0.15, -0.1) is 0 Å². The number of carboxylic acids is 1. The first kappa shape index (κ1) is 21.2. The molecular formula is C19H36O3. The first-order valence-electron chi connectivity index (χ1n) is 9.17. The number of unbranched alkanes of at least 4 members (excludes halogenated alkanes) is 11. The summed E-state index contributed by atoms with van der Waals surface area (Å²) in [5.74, 6) is -0.974. The topological polar surface area (TPSA) is 57.5 Å². The summed E-state index contributed by atoms with van der Waals surface area (Å²) < 4.78 is 0. The molecule has 2 N–H and O–H groups in total. The van der Waals surface area contributed by atoms with Crippen molar-refractivity contribution in [1.82, 2.24) is 0 Å². The lowest BCUT2D eigenvalue weighted by molar-refractivity contribution is -0.140. The minimum atomic E-state index is -0.710. The Hall–Kier alpha value is -0.830. The molecule has 1 atom stereocenters. The van der Waals surface area contributed by atoms with Crippen LogP contribution in [0.5, 0.6) is 0 Å². The van der Waals surface area contributed by atoms with Crippen molar-refractivity contribution in [2.24, 2.45) is 5.92 Å². The van der Waals surface area contributed by atoms with Crippen LogP contribution >= 0.6 is 0 Å². The number of hydrogen-bond acceptors (Lipinski definition) is 2. The minimum Gasteiger partial charge on any atom is -0.481 e. The molecule has 0 aliphatic heterocycles. The van der Waals surface area contributed by atoms with Crippen molar-refractivity contribution >= 4 is 5.97 Å². The molecule has 0 heterocycles. The van der Waals surface area contributed by atoms with E-state index in [9.17, 15) is 4.79 Å². The van der Waals surface area contributed by atoms with Gasteiger partial charge in [-0.3, -0.25) is 4.79 Å². The average molecular weight is 312 g/mol. The van der Waals surface area contributed by atoms with Gasteiger partial charge in [0.05, 0.1) is 5.92 Å². The van der Waals surface area contributed by atoms with E-state index in [0.717, 1.165) is 12.8 Å². The normalized spacial score (nSPS) is 12.8. The summed E-state index contributed by atoms with van der Waals surface area (Å²) in [6.07, 6.45) is 19.8. The number of rotatable bonds is 16. The van der Waals surface area contributed by atoms with E-state index in [1.807, 2.05) is 6.08 Å². The number of allylic oxidation sites excluding steroid dienone is 2. The van der Waals surface area contributed by atoms with Gasteiger partial charge in [-0.05, 0) is 25.7 Å². The fourth-order valence-electron chi connectivity index (χ4n) is 2.48. The molecule has 3 heteroatoms. The van der Waals surface area contributed by atoms with Crippen molar-refractivity contribution in [3.8, 4) is 0 Å². The molecule has 0 fully saturated rings. The van der Waals surface area contributed by atoms with Crippen LogP contribution < -0.4 is 0 Å². The van der Waals surface area contributed by atoms with E-state index in [2.05, 4.69) is 6.08 Å². The second kappa shape index (κ2) is 16.5. The van der Waals surface area contributed by atoms with Crippen LogP contribution in [-0.4, -0.2) is 22.8 Å². The van der Waals surface area contributed by atoms with Gasteiger partial charge in [-0.25, -0.2) is 0 Å². The molecule has 0 aliphatic carbocycles. The summed E-state index contributed by atoms with van der Waals surface area (Å²) in [6.45, 7) is 2.09. The highest BCUT2D eigenvalue weighted by atomic mass is 16.4. The largest absolute Gasteiger partial charge is 0.481 e. The SMILES string of the molecule is CC(C/C=C/CCCCCCCCCCCCCO)C(=O)O. The van der Waals surface area contributed by atoms with Gasteiger partial charge in [0.2, 0.25) is 0 Å². The summed E-state index contributed by atoms with van der Waals surface area (Å²) in [7, 11) is 0. The monoisotopic (exact) mass is 312 g/mol. The first-order valence-corrected chi connectivity index (χ1v) is 9.17. The quantitative estimate of drug-likeness (QED) is 0.299. The third kappa shape index (κ3) is 15.6. The molecule has 0 rings (SSSR count). The molecule has 0 aromatic rings. The van der Waals surface area contributed by atoms with Crippen molar-refractivity contribution in [2.45, 2.75) is 90.4 Å². The van der Waals surface area contributed by atoms with Gasteiger partial charge < -0.3 is 10.2 Å². The van der Waals surface area contributed by atoms with E-state index in [1.54, 1.807) is 6.92 Å². The fraction of sp³-hybridized carbons (Fsp3) is 0.842. The van der Waals surface area contributed by atoms with Gasteiger partial charge >= 0.3 is 5.97 Å². The van der Waals surface area contributed by atoms with Gasteiger partial charge in [0.25, 0.3) is 0 Å². The average Bonchev–Trinajstić information content (AvgIpc) is 2.50. The maximum absolute atomic E-state index is 10.6. The van der Waals surface area contributed by atoms with Crippen molar-refractivity contribution in [1.29, 1.82) is 0 Å².